The zero-order valence-corrected chi connectivity index (χ0v) is 23.6. The van der Waals surface area contributed by atoms with Gasteiger partial charge in [-0.2, -0.15) is 0 Å². The molecule has 39 heavy (non-hydrogen) atoms. The van der Waals surface area contributed by atoms with E-state index in [2.05, 4.69) is 38.1 Å². The molecule has 1 heterocycles. The Morgan fingerprint density at radius 1 is 1.00 bits per heavy atom. The maximum atomic E-state index is 13.4. The maximum absolute atomic E-state index is 13.4. The van der Waals surface area contributed by atoms with E-state index in [9.17, 15) is 9.59 Å². The minimum Gasteiger partial charge on any atom is -0.497 e. The number of fused-ring (bicyclic) bond motifs is 5. The first-order valence-corrected chi connectivity index (χ1v) is 14.8. The Hall–Kier alpha value is -3.08. The third-order valence-corrected chi connectivity index (χ3v) is 10.7. The van der Waals surface area contributed by atoms with Crippen LogP contribution in [-0.2, 0) is 16.0 Å². The molecule has 3 fully saturated rings. The van der Waals surface area contributed by atoms with Gasteiger partial charge in [0.15, 0.2) is 0 Å². The highest BCUT2D eigenvalue weighted by molar-refractivity contribution is 6.01. The van der Waals surface area contributed by atoms with Gasteiger partial charge in [-0.25, -0.2) is 0 Å². The van der Waals surface area contributed by atoms with Gasteiger partial charge in [-0.05, 0) is 110 Å². The number of benzene rings is 2. The van der Waals surface area contributed by atoms with Crippen molar-refractivity contribution in [3.8, 4) is 11.5 Å². The first-order chi connectivity index (χ1) is 18.9. The van der Waals surface area contributed by atoms with Gasteiger partial charge in [0.2, 0.25) is 5.91 Å². The fourth-order valence-corrected chi connectivity index (χ4v) is 8.24. The molecular formula is C34H41NO4. The van der Waals surface area contributed by atoms with Crippen molar-refractivity contribution in [2.45, 2.75) is 71.1 Å². The molecule has 0 bridgehead atoms. The van der Waals surface area contributed by atoms with Crippen LogP contribution in [0, 0.1) is 22.7 Å². The first-order valence-electron chi connectivity index (χ1n) is 14.8. The molecule has 6 rings (SSSR count). The topological polar surface area (TPSA) is 55.8 Å². The molecule has 5 atom stereocenters. The van der Waals surface area contributed by atoms with Crippen LogP contribution < -0.4 is 14.4 Å². The van der Waals surface area contributed by atoms with Crippen molar-refractivity contribution in [1.82, 2.24) is 0 Å². The van der Waals surface area contributed by atoms with Crippen molar-refractivity contribution in [3.05, 3.63) is 65.7 Å². The zero-order chi connectivity index (χ0) is 27.2. The summed E-state index contributed by atoms with van der Waals surface area (Å²) in [5.41, 5.74) is 3.26. The first kappa shape index (κ1) is 26.2. The van der Waals surface area contributed by atoms with Crippen molar-refractivity contribution in [2.24, 2.45) is 22.7 Å². The van der Waals surface area contributed by atoms with Gasteiger partial charge in [-0.3, -0.25) is 9.59 Å². The van der Waals surface area contributed by atoms with Crippen LogP contribution in [0.3, 0.4) is 0 Å². The summed E-state index contributed by atoms with van der Waals surface area (Å²) in [5, 5.41) is 0. The number of carbonyl (C=O) groups excluding carboxylic acids is 2. The summed E-state index contributed by atoms with van der Waals surface area (Å²) in [5.74, 6) is 4.13. The number of amides is 1. The van der Waals surface area contributed by atoms with Crippen LogP contribution in [-0.4, -0.2) is 32.0 Å². The van der Waals surface area contributed by atoms with Crippen molar-refractivity contribution in [1.29, 1.82) is 0 Å². The van der Waals surface area contributed by atoms with Gasteiger partial charge in [0, 0.05) is 24.1 Å². The summed E-state index contributed by atoms with van der Waals surface area (Å²) in [6.07, 6.45) is 11.9. The van der Waals surface area contributed by atoms with Gasteiger partial charge >= 0.3 is 0 Å². The van der Waals surface area contributed by atoms with Gasteiger partial charge in [0.05, 0.1) is 12.5 Å². The van der Waals surface area contributed by atoms with Gasteiger partial charge in [-0.1, -0.05) is 32.1 Å². The monoisotopic (exact) mass is 527 g/mol. The second kappa shape index (κ2) is 10.1. The lowest BCUT2D eigenvalue weighted by Crippen LogP contribution is -2.42. The predicted molar refractivity (Wildman–Crippen MR) is 153 cm³/mol. The predicted octanol–water partition coefficient (Wildman–Crippen LogP) is 6.89. The van der Waals surface area contributed by atoms with E-state index in [4.69, 9.17) is 9.47 Å². The van der Waals surface area contributed by atoms with E-state index in [1.807, 2.05) is 35.2 Å². The van der Waals surface area contributed by atoms with E-state index in [-0.39, 0.29) is 11.3 Å². The Kier molecular flexibility index (Phi) is 6.81. The molecule has 0 unspecified atom stereocenters. The minimum atomic E-state index is -0.481. The molecule has 206 valence electrons. The van der Waals surface area contributed by atoms with E-state index < -0.39 is 5.41 Å². The Labute approximate surface area is 232 Å². The molecule has 0 radical (unpaired) electrons. The van der Waals surface area contributed by atoms with Crippen LogP contribution in [0.4, 0.5) is 5.69 Å². The van der Waals surface area contributed by atoms with E-state index >= 15 is 0 Å². The molecule has 1 aliphatic heterocycles. The number of anilines is 1. The summed E-state index contributed by atoms with van der Waals surface area (Å²) in [7, 11) is 1.65. The highest BCUT2D eigenvalue weighted by atomic mass is 16.5. The molecule has 3 aliphatic carbocycles. The van der Waals surface area contributed by atoms with Crippen molar-refractivity contribution >= 4 is 17.4 Å². The Morgan fingerprint density at radius 2 is 1.79 bits per heavy atom. The summed E-state index contributed by atoms with van der Waals surface area (Å²) in [6.45, 7) is 5.49. The fourth-order valence-electron chi connectivity index (χ4n) is 8.24. The largest absolute Gasteiger partial charge is 0.497 e. The molecule has 0 N–H and O–H groups in total. The van der Waals surface area contributed by atoms with Crippen LogP contribution in [0.15, 0.2) is 54.6 Å². The smallest absolute Gasteiger partial charge is 0.237 e. The normalized spacial score (nSPS) is 31.8. The molecule has 5 nitrogen and oxygen atoms in total. The molecule has 1 saturated heterocycles. The molecule has 0 spiro atoms. The number of aryl methyl sites for hydroxylation is 1. The lowest BCUT2D eigenvalue weighted by molar-refractivity contribution is -0.129. The second-order valence-corrected chi connectivity index (χ2v) is 12.3. The minimum absolute atomic E-state index is 0.0731. The summed E-state index contributed by atoms with van der Waals surface area (Å²) >= 11 is 0. The van der Waals surface area contributed by atoms with Gasteiger partial charge < -0.3 is 14.4 Å². The van der Waals surface area contributed by atoms with E-state index in [0.29, 0.717) is 36.7 Å². The molecule has 5 heteroatoms. The number of hydrogen-bond donors (Lipinski definition) is 0. The quantitative estimate of drug-likeness (QED) is 0.368. The number of rotatable bonds is 7. The van der Waals surface area contributed by atoms with Crippen molar-refractivity contribution in [3.63, 3.8) is 0 Å². The molecule has 4 aliphatic rings. The third-order valence-electron chi connectivity index (χ3n) is 10.7. The zero-order valence-electron chi connectivity index (χ0n) is 23.6. The second-order valence-electron chi connectivity index (χ2n) is 12.3. The van der Waals surface area contributed by atoms with Gasteiger partial charge in [0.1, 0.15) is 23.9 Å². The van der Waals surface area contributed by atoms with Crippen molar-refractivity contribution < 1.29 is 19.1 Å². The Balaban J connectivity index is 1.09. The van der Waals surface area contributed by atoms with Crippen LogP contribution >= 0.6 is 0 Å². The number of ketones is 1. The average molecular weight is 528 g/mol. The lowest BCUT2D eigenvalue weighted by Gasteiger charge is -2.48. The van der Waals surface area contributed by atoms with Crippen LogP contribution in [0.1, 0.15) is 75.8 Å². The van der Waals surface area contributed by atoms with Gasteiger partial charge in [0.25, 0.3) is 0 Å². The molecular weight excluding hydrogens is 486 g/mol. The van der Waals surface area contributed by atoms with E-state index in [0.717, 1.165) is 62.1 Å². The number of nitrogens with zero attached hydrogens (tertiary/aromatic N) is 1. The Bertz CT molecular complexity index is 1280. The highest BCUT2D eigenvalue weighted by Gasteiger charge is 2.54. The van der Waals surface area contributed by atoms with E-state index in [1.54, 1.807) is 7.11 Å². The van der Waals surface area contributed by atoms with Gasteiger partial charge in [-0.15, -0.1) is 0 Å². The lowest BCUT2D eigenvalue weighted by atomic mass is 9.55. The van der Waals surface area contributed by atoms with Crippen molar-refractivity contribution in [2.75, 3.05) is 25.2 Å². The molecule has 1 amide bonds. The fraction of sp³-hybridized carbons (Fsp3) is 0.529. The standard InChI is InChI=1S/C34H41NO4/c1-4-34(19-20-35(32(34)37)24-7-9-25(38-3)10-8-24)17-5-21-39-26-11-13-27-23(22-26)6-12-29-28(27)16-18-33(2)30(29)14-15-31(33)36/h5,7-11,13,17,22,28-30H,4,6,12,14-16,18-21H2,1-3H3/b17-5+/t28-,29-,30+,33+,34-/m1/s1. The molecule has 2 aromatic rings. The Morgan fingerprint density at radius 3 is 2.56 bits per heavy atom. The summed E-state index contributed by atoms with van der Waals surface area (Å²) in [6, 6.07) is 14.3. The summed E-state index contributed by atoms with van der Waals surface area (Å²) < 4.78 is 11.4. The van der Waals surface area contributed by atoms with Crippen LogP contribution in [0.5, 0.6) is 11.5 Å². The molecule has 2 saturated carbocycles. The average Bonchev–Trinajstić information content (AvgIpc) is 3.46. The van der Waals surface area contributed by atoms with E-state index in [1.165, 1.54) is 17.5 Å². The number of ether oxygens (including phenoxy) is 2. The SMILES string of the molecule is CC[C@@]1(/C=C/COc2ccc3c(c2)CC[C@@H]2[C@@H]3CC[C@]3(C)C(=O)CC[C@@H]23)CCN(c2ccc(OC)cc2)C1=O. The summed E-state index contributed by atoms with van der Waals surface area (Å²) in [4.78, 5) is 28.0. The third kappa shape index (κ3) is 4.38. The maximum Gasteiger partial charge on any atom is 0.237 e. The number of hydrogen-bond acceptors (Lipinski definition) is 4. The highest BCUT2D eigenvalue weighted by Crippen LogP contribution is 2.59. The molecule has 0 aromatic heterocycles. The van der Waals surface area contributed by atoms with Crippen LogP contribution in [0.25, 0.3) is 0 Å². The van der Waals surface area contributed by atoms with Crippen LogP contribution in [0.2, 0.25) is 0 Å². The number of carbonyl (C=O) groups is 2. The number of methoxy groups -OCH3 is 1. The number of Topliss-reactive ketones (excluding diaryl/α,β-unsaturated/α-hetero) is 1. The molecule has 2 aromatic carbocycles.